The molecule has 8 heteroatoms. The fraction of sp³-hybridized carbons (Fsp3) is 0.944. The summed E-state index contributed by atoms with van der Waals surface area (Å²) >= 11 is 0. The Kier molecular flexibility index (Phi) is 39.8. The van der Waals surface area contributed by atoms with Crippen LogP contribution in [0.2, 0.25) is 0 Å². The maximum Gasteiger partial charge on any atom is 0.230 e. The molecule has 0 aromatic carbocycles. The van der Waals surface area contributed by atoms with Gasteiger partial charge in [-0.2, -0.15) is 0 Å². The minimum atomic E-state index is 0.111. The van der Waals surface area contributed by atoms with Gasteiger partial charge in [0.05, 0.1) is 0 Å². The van der Waals surface area contributed by atoms with Crippen molar-refractivity contribution in [2.75, 3.05) is 0 Å². The van der Waals surface area contributed by atoms with E-state index in [0.717, 1.165) is 25.7 Å². The van der Waals surface area contributed by atoms with E-state index in [1.807, 2.05) is 0 Å². The summed E-state index contributed by atoms with van der Waals surface area (Å²) in [5, 5.41) is 0. The van der Waals surface area contributed by atoms with Crippen LogP contribution in [0.1, 0.15) is 219 Å². The summed E-state index contributed by atoms with van der Waals surface area (Å²) in [6.07, 6.45) is 41.4. The average molecular weight is 693 g/mol. The van der Waals surface area contributed by atoms with Crippen molar-refractivity contribution in [3.05, 3.63) is 0 Å². The molecular weight excluding hydrogens is 621 g/mol. The summed E-state index contributed by atoms with van der Waals surface area (Å²) in [5.41, 5.74) is 0. The second-order valence-corrected chi connectivity index (χ2v) is 18.0. The van der Waals surface area contributed by atoms with Crippen molar-refractivity contribution in [2.45, 2.75) is 219 Å². The largest absolute Gasteiger partial charge is 0.290 e. The Labute approximate surface area is 290 Å². The van der Waals surface area contributed by atoms with Gasteiger partial charge in [-0.1, -0.05) is 194 Å². The maximum atomic E-state index is 12.0. The summed E-state index contributed by atoms with van der Waals surface area (Å²) in [6.45, 7) is 4.56. The lowest BCUT2D eigenvalue weighted by Gasteiger charge is -2.05. The number of hydrogen-bond acceptors (Lipinski definition) is 6. The highest BCUT2D eigenvalue weighted by Crippen LogP contribution is 2.39. The van der Waals surface area contributed by atoms with E-state index in [1.54, 1.807) is 0 Å². The molecule has 0 radical (unpaired) electrons. The highest BCUT2D eigenvalue weighted by molar-refractivity contribution is 9.25. The maximum absolute atomic E-state index is 12.0. The van der Waals surface area contributed by atoms with Crippen molar-refractivity contribution in [1.82, 2.24) is 9.44 Å². The molecule has 262 valence electrons. The summed E-state index contributed by atoms with van der Waals surface area (Å²) in [4.78, 5) is 24.0. The number of hydrogen-bond donors (Lipinski definition) is 2. The highest BCUT2D eigenvalue weighted by Gasteiger charge is 2.04. The zero-order valence-electron chi connectivity index (χ0n) is 29.1. The Bertz CT molecular complexity index is 548. The fourth-order valence-corrected chi connectivity index (χ4v) is 9.63. The topological polar surface area (TPSA) is 58.2 Å². The Morgan fingerprint density at radius 2 is 0.545 bits per heavy atom. The minimum Gasteiger partial charge on any atom is -0.290 e. The third-order valence-electron chi connectivity index (χ3n) is 8.42. The molecule has 0 atom stereocenters. The van der Waals surface area contributed by atoms with Crippen LogP contribution in [0.5, 0.6) is 0 Å². The minimum absolute atomic E-state index is 0.111. The Morgan fingerprint density at radius 3 is 0.773 bits per heavy atom. The molecule has 0 bridgehead atoms. The molecule has 44 heavy (non-hydrogen) atoms. The molecule has 0 aromatic heterocycles. The van der Waals surface area contributed by atoms with Crippen LogP contribution in [0.4, 0.5) is 0 Å². The van der Waals surface area contributed by atoms with Crippen molar-refractivity contribution in [3.8, 4) is 0 Å². The van der Waals surface area contributed by atoms with Crippen molar-refractivity contribution >= 4 is 53.4 Å². The Hall–Kier alpha value is 0.340. The van der Waals surface area contributed by atoms with E-state index in [2.05, 4.69) is 23.3 Å². The predicted octanol–water partition coefficient (Wildman–Crippen LogP) is 14.2. The first-order valence-electron chi connectivity index (χ1n) is 18.9. The smallest absolute Gasteiger partial charge is 0.230 e. The Balaban J connectivity index is 3.25. The van der Waals surface area contributed by atoms with Gasteiger partial charge in [-0.3, -0.25) is 19.0 Å². The average Bonchev–Trinajstić information content (AvgIpc) is 3.02. The zero-order chi connectivity index (χ0) is 32.0. The molecule has 0 saturated heterocycles. The van der Waals surface area contributed by atoms with E-state index < -0.39 is 0 Å². The molecule has 0 aliphatic heterocycles. The van der Waals surface area contributed by atoms with Gasteiger partial charge in [-0.25, -0.2) is 0 Å². The van der Waals surface area contributed by atoms with Crippen LogP contribution in [0.25, 0.3) is 0 Å². The standard InChI is InChI=1S/C36H72N2O2S4/c1-3-5-7-9-11-13-15-17-19-21-23-25-27-29-31-33-35(39)37-41-43-44-42-38-36(40)34-32-30-28-26-24-22-20-18-16-14-12-10-8-6-4-2/h3-34H2,1-2H3,(H,37,39)(H,38,40). The predicted molar refractivity (Wildman–Crippen MR) is 206 cm³/mol. The molecule has 0 aliphatic carbocycles. The van der Waals surface area contributed by atoms with Crippen molar-refractivity contribution in [2.24, 2.45) is 0 Å². The van der Waals surface area contributed by atoms with Gasteiger partial charge in [-0.15, -0.1) is 0 Å². The van der Waals surface area contributed by atoms with Crippen LogP contribution in [-0.4, -0.2) is 11.8 Å². The van der Waals surface area contributed by atoms with Crippen LogP contribution in [0.3, 0.4) is 0 Å². The molecule has 0 saturated carbocycles. The molecule has 2 amide bonds. The van der Waals surface area contributed by atoms with E-state index in [1.165, 1.54) is 209 Å². The normalized spacial score (nSPS) is 11.2. The number of carbonyl (C=O) groups is 2. The van der Waals surface area contributed by atoms with Gasteiger partial charge in [0.2, 0.25) is 11.8 Å². The van der Waals surface area contributed by atoms with Gasteiger partial charge < -0.3 is 0 Å². The summed E-state index contributed by atoms with van der Waals surface area (Å²) in [5.74, 6) is 0.222. The molecule has 0 heterocycles. The monoisotopic (exact) mass is 692 g/mol. The Morgan fingerprint density at radius 1 is 0.341 bits per heavy atom. The zero-order valence-corrected chi connectivity index (χ0v) is 32.3. The third-order valence-corrected chi connectivity index (χ3v) is 13.5. The van der Waals surface area contributed by atoms with E-state index in [4.69, 9.17) is 0 Å². The molecule has 0 aromatic rings. The van der Waals surface area contributed by atoms with Gasteiger partial charge in [0.25, 0.3) is 0 Å². The number of rotatable bonds is 37. The number of amides is 2. The van der Waals surface area contributed by atoms with E-state index in [-0.39, 0.29) is 11.8 Å². The van der Waals surface area contributed by atoms with Crippen LogP contribution in [0.15, 0.2) is 0 Å². The molecule has 4 nitrogen and oxygen atoms in total. The van der Waals surface area contributed by atoms with Crippen LogP contribution in [-0.2, 0) is 9.59 Å². The quantitative estimate of drug-likeness (QED) is 0.0384. The summed E-state index contributed by atoms with van der Waals surface area (Å²) < 4.78 is 5.80. The number of nitrogens with one attached hydrogen (secondary N) is 2. The fourth-order valence-electron chi connectivity index (χ4n) is 5.57. The molecule has 0 unspecified atom stereocenters. The van der Waals surface area contributed by atoms with Crippen LogP contribution < -0.4 is 9.44 Å². The van der Waals surface area contributed by atoms with Gasteiger partial charge in [0.15, 0.2) is 0 Å². The first kappa shape index (κ1) is 44.3. The second-order valence-electron chi connectivity index (χ2n) is 12.8. The van der Waals surface area contributed by atoms with Crippen molar-refractivity contribution in [3.63, 3.8) is 0 Å². The number of carbonyl (C=O) groups excluding carboxylic acids is 2. The van der Waals surface area contributed by atoms with Crippen LogP contribution >= 0.6 is 41.6 Å². The highest BCUT2D eigenvalue weighted by atomic mass is 33.7. The van der Waals surface area contributed by atoms with Crippen molar-refractivity contribution in [1.29, 1.82) is 0 Å². The van der Waals surface area contributed by atoms with Gasteiger partial charge >= 0.3 is 0 Å². The van der Waals surface area contributed by atoms with Gasteiger partial charge in [0, 0.05) is 54.5 Å². The van der Waals surface area contributed by atoms with E-state index in [0.29, 0.717) is 12.8 Å². The lowest BCUT2D eigenvalue weighted by molar-refractivity contribution is -0.120. The van der Waals surface area contributed by atoms with E-state index in [9.17, 15) is 9.59 Å². The third kappa shape index (κ3) is 38.5. The summed E-state index contributed by atoms with van der Waals surface area (Å²) in [7, 11) is 5.67. The number of unbranched alkanes of at least 4 members (excludes halogenated alkanes) is 28. The van der Waals surface area contributed by atoms with E-state index >= 15 is 0 Å². The second kappa shape index (κ2) is 39.5. The molecule has 0 fully saturated rings. The molecule has 0 rings (SSSR count). The van der Waals surface area contributed by atoms with Crippen molar-refractivity contribution < 1.29 is 9.59 Å². The molecule has 0 aliphatic rings. The molecular formula is C36H72N2O2S4. The molecule has 0 spiro atoms. The first-order chi connectivity index (χ1) is 21.7. The first-order valence-corrected chi connectivity index (χ1v) is 23.8. The van der Waals surface area contributed by atoms with Crippen LogP contribution in [0, 0.1) is 0 Å². The lowest BCUT2D eigenvalue weighted by Crippen LogP contribution is -2.14. The lowest BCUT2D eigenvalue weighted by atomic mass is 10.0. The van der Waals surface area contributed by atoms with Gasteiger partial charge in [0.1, 0.15) is 0 Å². The van der Waals surface area contributed by atoms with Gasteiger partial charge in [-0.05, 0) is 12.8 Å². The summed E-state index contributed by atoms with van der Waals surface area (Å²) in [6, 6.07) is 0. The molecule has 2 N–H and O–H groups in total. The SMILES string of the molecule is CCCCCCCCCCCCCCCCCC(=O)NSSSSNC(=O)CCCCCCCCCCCCCCCCC.